The van der Waals surface area contributed by atoms with Gasteiger partial charge in [0.2, 0.25) is 0 Å². The van der Waals surface area contributed by atoms with Crippen molar-refractivity contribution < 1.29 is 28.2 Å². The number of piperidine rings is 1. The minimum atomic E-state index is -0.470. The zero-order chi connectivity index (χ0) is 22.1. The summed E-state index contributed by atoms with van der Waals surface area (Å²) in [5, 5.41) is 0. The summed E-state index contributed by atoms with van der Waals surface area (Å²) in [5.74, 6) is 0.105. The lowest BCUT2D eigenvalue weighted by Gasteiger charge is -2.33. The van der Waals surface area contributed by atoms with E-state index in [-0.39, 0.29) is 19.1 Å². The van der Waals surface area contributed by atoms with Crippen molar-refractivity contribution in [3.05, 3.63) is 29.6 Å². The zero-order valence-corrected chi connectivity index (χ0v) is 18.5. The third-order valence-corrected chi connectivity index (χ3v) is 4.96. The van der Waals surface area contributed by atoms with Gasteiger partial charge in [0, 0.05) is 19.2 Å². The average Bonchev–Trinajstić information content (AvgIpc) is 2.66. The van der Waals surface area contributed by atoms with E-state index < -0.39 is 17.4 Å². The van der Waals surface area contributed by atoms with Gasteiger partial charge in [-0.05, 0) is 70.9 Å². The molecule has 1 heterocycles. The largest absolute Gasteiger partial charge is 0.493 e. The van der Waals surface area contributed by atoms with Crippen LogP contribution in [0.25, 0.3) is 0 Å². The number of nitrogens with zero attached hydrogens (tertiary/aromatic N) is 1. The highest BCUT2D eigenvalue weighted by Gasteiger charge is 2.26. The molecule has 0 radical (unpaired) electrons. The van der Waals surface area contributed by atoms with Gasteiger partial charge in [-0.3, -0.25) is 4.79 Å². The summed E-state index contributed by atoms with van der Waals surface area (Å²) < 4.78 is 30.0. The van der Waals surface area contributed by atoms with Crippen LogP contribution in [0.5, 0.6) is 5.75 Å². The number of halogens is 1. The number of carbonyl (C=O) groups is 2. The highest BCUT2D eigenvalue weighted by Crippen LogP contribution is 2.24. The summed E-state index contributed by atoms with van der Waals surface area (Å²) in [6, 6.07) is 4.55. The summed E-state index contributed by atoms with van der Waals surface area (Å²) in [5.41, 5.74) is -0.167. The van der Waals surface area contributed by atoms with E-state index in [9.17, 15) is 14.0 Å². The van der Waals surface area contributed by atoms with Crippen molar-refractivity contribution in [1.82, 2.24) is 4.90 Å². The van der Waals surface area contributed by atoms with Crippen LogP contribution < -0.4 is 4.74 Å². The van der Waals surface area contributed by atoms with Crippen molar-refractivity contribution in [2.75, 3.05) is 26.3 Å². The molecule has 0 bridgehead atoms. The van der Waals surface area contributed by atoms with Gasteiger partial charge in [-0.25, -0.2) is 9.18 Å². The van der Waals surface area contributed by atoms with Crippen LogP contribution in [0.15, 0.2) is 18.2 Å². The lowest BCUT2D eigenvalue weighted by Crippen LogP contribution is -2.41. The number of esters is 1. The molecule has 0 aromatic heterocycles. The number of carbonyl (C=O) groups excluding carboxylic acids is 2. The molecule has 1 fully saturated rings. The van der Waals surface area contributed by atoms with Crippen molar-refractivity contribution in [3.8, 4) is 5.75 Å². The third kappa shape index (κ3) is 8.20. The number of hydrogen-bond donors (Lipinski definition) is 0. The topological polar surface area (TPSA) is 65.1 Å². The van der Waals surface area contributed by atoms with Crippen LogP contribution in [0.4, 0.5) is 9.18 Å². The van der Waals surface area contributed by atoms with Crippen molar-refractivity contribution in [2.45, 2.75) is 65.4 Å². The Morgan fingerprint density at radius 3 is 2.50 bits per heavy atom. The van der Waals surface area contributed by atoms with Gasteiger partial charge in [-0.1, -0.05) is 6.07 Å². The van der Waals surface area contributed by atoms with E-state index in [2.05, 4.69) is 0 Å². The fourth-order valence-corrected chi connectivity index (χ4v) is 3.42. The minimum absolute atomic E-state index is 0.0814. The Labute approximate surface area is 178 Å². The van der Waals surface area contributed by atoms with Crippen molar-refractivity contribution in [2.24, 2.45) is 5.92 Å². The lowest BCUT2D eigenvalue weighted by molar-refractivity contribution is -0.142. The standard InChI is InChI=1S/C23H34FNO5/c1-5-28-21(26)15-18-8-9-19(16-20(18)24)29-14-6-7-17-10-12-25(13-11-17)22(27)30-23(2,3)4/h8-9,16-17H,5-7,10-15H2,1-4H3. The first-order valence-electron chi connectivity index (χ1n) is 10.7. The number of ether oxygens (including phenoxy) is 3. The van der Waals surface area contributed by atoms with Crippen molar-refractivity contribution in [3.63, 3.8) is 0 Å². The Hall–Kier alpha value is -2.31. The molecule has 1 aliphatic heterocycles. The van der Waals surface area contributed by atoms with Gasteiger partial charge in [0.25, 0.3) is 0 Å². The van der Waals surface area contributed by atoms with E-state index >= 15 is 0 Å². The molecule has 2 rings (SSSR count). The molecular weight excluding hydrogens is 389 g/mol. The second-order valence-electron chi connectivity index (χ2n) is 8.64. The molecule has 0 unspecified atom stereocenters. The monoisotopic (exact) mass is 423 g/mol. The number of benzene rings is 1. The fraction of sp³-hybridized carbons (Fsp3) is 0.652. The normalized spacial score (nSPS) is 15.0. The minimum Gasteiger partial charge on any atom is -0.493 e. The number of rotatable bonds is 8. The molecule has 0 atom stereocenters. The van der Waals surface area contributed by atoms with Crippen LogP contribution >= 0.6 is 0 Å². The molecule has 0 saturated carbocycles. The van der Waals surface area contributed by atoms with E-state index in [0.717, 1.165) is 25.7 Å². The number of hydrogen-bond acceptors (Lipinski definition) is 5. The Balaban J connectivity index is 1.67. The molecule has 1 aliphatic rings. The Bertz CT molecular complexity index is 708. The first kappa shape index (κ1) is 24.0. The lowest BCUT2D eigenvalue weighted by atomic mass is 9.92. The highest BCUT2D eigenvalue weighted by atomic mass is 19.1. The molecule has 30 heavy (non-hydrogen) atoms. The fourth-order valence-electron chi connectivity index (χ4n) is 3.42. The van der Waals surface area contributed by atoms with Crippen LogP contribution in [0.3, 0.4) is 0 Å². The molecule has 1 aromatic carbocycles. The van der Waals surface area contributed by atoms with Gasteiger partial charge < -0.3 is 19.1 Å². The summed E-state index contributed by atoms with van der Waals surface area (Å²) in [6.45, 7) is 9.55. The average molecular weight is 424 g/mol. The van der Waals surface area contributed by atoms with Crippen LogP contribution in [-0.2, 0) is 20.7 Å². The van der Waals surface area contributed by atoms with Crippen LogP contribution in [0.2, 0.25) is 0 Å². The number of likely N-dealkylation sites (tertiary alicyclic amines) is 1. The maximum absolute atomic E-state index is 14.1. The SMILES string of the molecule is CCOC(=O)Cc1ccc(OCCCC2CCN(C(=O)OC(C)(C)C)CC2)cc1F. The smallest absolute Gasteiger partial charge is 0.410 e. The Morgan fingerprint density at radius 1 is 1.20 bits per heavy atom. The molecule has 6 nitrogen and oxygen atoms in total. The summed E-state index contributed by atoms with van der Waals surface area (Å²) in [7, 11) is 0. The second kappa shape index (κ2) is 11.2. The maximum Gasteiger partial charge on any atom is 0.410 e. The molecule has 1 saturated heterocycles. The van der Waals surface area contributed by atoms with Gasteiger partial charge in [-0.2, -0.15) is 0 Å². The molecule has 0 spiro atoms. The molecule has 0 aliphatic carbocycles. The maximum atomic E-state index is 14.1. The predicted octanol–water partition coefficient (Wildman–Crippen LogP) is 4.74. The predicted molar refractivity (Wildman–Crippen MR) is 112 cm³/mol. The first-order valence-corrected chi connectivity index (χ1v) is 10.7. The summed E-state index contributed by atoms with van der Waals surface area (Å²) in [4.78, 5) is 25.4. The van der Waals surface area contributed by atoms with E-state index in [1.165, 1.54) is 6.07 Å². The van der Waals surface area contributed by atoms with E-state index in [0.29, 0.717) is 36.9 Å². The van der Waals surface area contributed by atoms with Crippen molar-refractivity contribution in [1.29, 1.82) is 0 Å². The highest BCUT2D eigenvalue weighted by molar-refractivity contribution is 5.72. The number of amides is 1. The van der Waals surface area contributed by atoms with Gasteiger partial charge in [0.05, 0.1) is 19.6 Å². The van der Waals surface area contributed by atoms with Gasteiger partial charge in [0.1, 0.15) is 17.2 Å². The van der Waals surface area contributed by atoms with Crippen LogP contribution in [0, 0.1) is 11.7 Å². The van der Waals surface area contributed by atoms with Gasteiger partial charge in [0.15, 0.2) is 0 Å². The second-order valence-corrected chi connectivity index (χ2v) is 8.64. The molecule has 1 amide bonds. The zero-order valence-electron chi connectivity index (χ0n) is 18.5. The van der Waals surface area contributed by atoms with Crippen LogP contribution in [0.1, 0.15) is 58.9 Å². The van der Waals surface area contributed by atoms with Gasteiger partial charge >= 0.3 is 12.1 Å². The molecule has 0 N–H and O–H groups in total. The molecular formula is C23H34FNO5. The van der Waals surface area contributed by atoms with Gasteiger partial charge in [-0.15, -0.1) is 0 Å². The van der Waals surface area contributed by atoms with E-state index in [4.69, 9.17) is 14.2 Å². The van der Waals surface area contributed by atoms with Crippen molar-refractivity contribution >= 4 is 12.1 Å². The molecule has 168 valence electrons. The van der Waals surface area contributed by atoms with E-state index in [1.807, 2.05) is 20.8 Å². The van der Waals surface area contributed by atoms with Crippen LogP contribution in [-0.4, -0.2) is 48.9 Å². The van der Waals surface area contributed by atoms with E-state index in [1.54, 1.807) is 24.0 Å². The summed E-state index contributed by atoms with van der Waals surface area (Å²) >= 11 is 0. The molecule has 7 heteroatoms. The summed E-state index contributed by atoms with van der Waals surface area (Å²) in [6.07, 6.45) is 3.46. The first-order chi connectivity index (χ1) is 14.2. The molecule has 1 aromatic rings. The third-order valence-electron chi connectivity index (χ3n) is 4.96. The Morgan fingerprint density at radius 2 is 1.90 bits per heavy atom. The quantitative estimate of drug-likeness (QED) is 0.446. The Kier molecular flexibility index (Phi) is 8.93.